The van der Waals surface area contributed by atoms with E-state index in [1.54, 1.807) is 4.90 Å². The molecule has 0 aliphatic carbocycles. The predicted octanol–water partition coefficient (Wildman–Crippen LogP) is 3.11. The molecule has 0 atom stereocenters. The highest BCUT2D eigenvalue weighted by Crippen LogP contribution is 2.35. The summed E-state index contributed by atoms with van der Waals surface area (Å²) in [5.74, 6) is 0. The first-order chi connectivity index (χ1) is 10.3. The average molecular weight is 371 g/mol. The zero-order chi connectivity index (χ0) is 16.4. The SMILES string of the molecule is CC(C)(C)OC(=O)N1CCC(CO)(c2cccc(Br)n2)CC1. The van der Waals surface area contributed by atoms with E-state index >= 15 is 0 Å². The number of aliphatic hydroxyl groups excluding tert-OH is 1. The molecule has 122 valence electrons. The minimum absolute atomic E-state index is 0.0264. The summed E-state index contributed by atoms with van der Waals surface area (Å²) in [7, 11) is 0. The fourth-order valence-corrected chi connectivity index (χ4v) is 2.99. The van der Waals surface area contributed by atoms with Crippen molar-refractivity contribution in [2.75, 3.05) is 19.7 Å². The van der Waals surface area contributed by atoms with Crippen LogP contribution in [0.25, 0.3) is 0 Å². The van der Waals surface area contributed by atoms with Gasteiger partial charge in [-0.1, -0.05) is 6.07 Å². The minimum Gasteiger partial charge on any atom is -0.444 e. The number of rotatable bonds is 2. The Labute approximate surface area is 139 Å². The lowest BCUT2D eigenvalue weighted by Crippen LogP contribution is -2.48. The van der Waals surface area contributed by atoms with Crippen LogP contribution in [-0.4, -0.2) is 46.4 Å². The molecule has 0 bridgehead atoms. The second kappa shape index (κ2) is 6.54. The van der Waals surface area contributed by atoms with Crippen molar-refractivity contribution in [1.82, 2.24) is 9.88 Å². The molecule has 1 fully saturated rings. The zero-order valence-corrected chi connectivity index (χ0v) is 14.9. The molecule has 0 aromatic carbocycles. The van der Waals surface area contributed by atoms with E-state index in [0.29, 0.717) is 25.9 Å². The van der Waals surface area contributed by atoms with Crippen molar-refractivity contribution in [3.8, 4) is 0 Å². The van der Waals surface area contributed by atoms with Crippen LogP contribution in [0.15, 0.2) is 22.8 Å². The molecule has 1 aromatic heterocycles. The first-order valence-electron chi connectivity index (χ1n) is 7.48. The molecule has 0 saturated carbocycles. The summed E-state index contributed by atoms with van der Waals surface area (Å²) in [6, 6.07) is 5.72. The van der Waals surface area contributed by atoms with Crippen LogP contribution in [0, 0.1) is 0 Å². The summed E-state index contributed by atoms with van der Waals surface area (Å²) in [6.07, 6.45) is 1.06. The van der Waals surface area contributed by atoms with Gasteiger partial charge in [-0.2, -0.15) is 0 Å². The van der Waals surface area contributed by atoms with Gasteiger partial charge >= 0.3 is 6.09 Å². The van der Waals surface area contributed by atoms with E-state index in [4.69, 9.17) is 4.74 Å². The number of nitrogens with zero attached hydrogens (tertiary/aromatic N) is 2. The van der Waals surface area contributed by atoms with Crippen molar-refractivity contribution in [2.45, 2.75) is 44.6 Å². The highest BCUT2D eigenvalue weighted by molar-refractivity contribution is 9.10. The Morgan fingerprint density at radius 1 is 1.41 bits per heavy atom. The van der Waals surface area contributed by atoms with Gasteiger partial charge in [-0.15, -0.1) is 0 Å². The second-order valence-electron chi connectivity index (χ2n) is 6.75. The van der Waals surface area contributed by atoms with Gasteiger partial charge in [0.2, 0.25) is 0 Å². The van der Waals surface area contributed by atoms with E-state index in [9.17, 15) is 9.90 Å². The summed E-state index contributed by atoms with van der Waals surface area (Å²) in [5.41, 5.74) is -0.00952. The monoisotopic (exact) mass is 370 g/mol. The largest absolute Gasteiger partial charge is 0.444 e. The molecule has 0 unspecified atom stereocenters. The maximum atomic E-state index is 12.1. The fraction of sp³-hybridized carbons (Fsp3) is 0.625. The van der Waals surface area contributed by atoms with Gasteiger partial charge in [-0.3, -0.25) is 0 Å². The number of hydrogen-bond acceptors (Lipinski definition) is 4. The minimum atomic E-state index is -0.492. The molecule has 1 amide bonds. The lowest BCUT2D eigenvalue weighted by Gasteiger charge is -2.40. The van der Waals surface area contributed by atoms with E-state index in [0.717, 1.165) is 10.3 Å². The van der Waals surface area contributed by atoms with Crippen LogP contribution in [0.5, 0.6) is 0 Å². The lowest BCUT2D eigenvalue weighted by molar-refractivity contribution is 0.0119. The Balaban J connectivity index is 2.07. The smallest absolute Gasteiger partial charge is 0.410 e. The first kappa shape index (κ1) is 17.2. The third kappa shape index (κ3) is 3.98. The molecule has 1 aliphatic heterocycles. The van der Waals surface area contributed by atoms with Crippen molar-refractivity contribution >= 4 is 22.0 Å². The number of piperidine rings is 1. The standard InChI is InChI=1S/C16H23BrN2O3/c1-15(2,3)22-14(21)19-9-7-16(11-20,8-10-19)12-5-4-6-13(17)18-12/h4-6,20H,7-11H2,1-3H3. The van der Waals surface area contributed by atoms with E-state index in [1.165, 1.54) is 0 Å². The first-order valence-corrected chi connectivity index (χ1v) is 8.27. The summed E-state index contributed by atoms with van der Waals surface area (Å²) in [5, 5.41) is 9.91. The lowest BCUT2D eigenvalue weighted by atomic mass is 9.76. The molecule has 2 rings (SSSR count). The third-order valence-electron chi connectivity index (χ3n) is 3.93. The Hall–Kier alpha value is -1.14. The Morgan fingerprint density at radius 2 is 2.05 bits per heavy atom. The molecule has 6 heteroatoms. The van der Waals surface area contributed by atoms with Crippen LogP contribution in [0.4, 0.5) is 4.79 Å². The summed E-state index contributed by atoms with van der Waals surface area (Å²) < 4.78 is 6.16. The number of amides is 1. The number of likely N-dealkylation sites (tertiary alicyclic amines) is 1. The van der Waals surface area contributed by atoms with E-state index in [1.807, 2.05) is 39.0 Å². The highest BCUT2D eigenvalue weighted by atomic mass is 79.9. The van der Waals surface area contributed by atoms with Crippen molar-refractivity contribution in [3.63, 3.8) is 0 Å². The van der Waals surface area contributed by atoms with Gasteiger partial charge in [0.1, 0.15) is 10.2 Å². The molecule has 1 N–H and O–H groups in total. The van der Waals surface area contributed by atoms with Gasteiger partial charge in [0.15, 0.2) is 0 Å². The number of ether oxygens (including phenoxy) is 1. The zero-order valence-electron chi connectivity index (χ0n) is 13.3. The van der Waals surface area contributed by atoms with Gasteiger partial charge in [0.25, 0.3) is 0 Å². The van der Waals surface area contributed by atoms with Crippen molar-refractivity contribution in [2.24, 2.45) is 0 Å². The topological polar surface area (TPSA) is 62.7 Å². The normalized spacial score (nSPS) is 18.1. The number of hydrogen-bond donors (Lipinski definition) is 1. The third-order valence-corrected chi connectivity index (χ3v) is 4.38. The van der Waals surface area contributed by atoms with E-state index in [-0.39, 0.29) is 18.1 Å². The predicted molar refractivity (Wildman–Crippen MR) is 87.7 cm³/mol. The molecule has 1 aromatic rings. The maximum absolute atomic E-state index is 12.1. The second-order valence-corrected chi connectivity index (χ2v) is 7.56. The molecule has 0 radical (unpaired) electrons. The van der Waals surface area contributed by atoms with Gasteiger partial charge in [0, 0.05) is 18.5 Å². The molecule has 5 nitrogen and oxygen atoms in total. The Kier molecular flexibility index (Phi) is 5.12. The van der Waals surface area contributed by atoms with Crippen LogP contribution in [0.3, 0.4) is 0 Å². The van der Waals surface area contributed by atoms with Crippen LogP contribution >= 0.6 is 15.9 Å². The summed E-state index contributed by atoms with van der Waals surface area (Å²) in [4.78, 5) is 18.3. The van der Waals surface area contributed by atoms with Crippen molar-refractivity contribution in [1.29, 1.82) is 0 Å². The van der Waals surface area contributed by atoms with E-state index < -0.39 is 5.60 Å². The van der Waals surface area contributed by atoms with Crippen molar-refractivity contribution in [3.05, 3.63) is 28.5 Å². The Morgan fingerprint density at radius 3 is 2.55 bits per heavy atom. The van der Waals surface area contributed by atoms with Gasteiger partial charge in [-0.25, -0.2) is 9.78 Å². The van der Waals surface area contributed by atoms with E-state index in [2.05, 4.69) is 20.9 Å². The summed E-state index contributed by atoms with van der Waals surface area (Å²) in [6.45, 7) is 6.72. The molecular formula is C16H23BrN2O3. The average Bonchev–Trinajstić information content (AvgIpc) is 2.45. The number of pyridine rings is 1. The molecular weight excluding hydrogens is 348 g/mol. The number of aromatic nitrogens is 1. The summed E-state index contributed by atoms with van der Waals surface area (Å²) >= 11 is 3.37. The van der Waals surface area contributed by atoms with Gasteiger partial charge in [0.05, 0.1) is 12.3 Å². The van der Waals surface area contributed by atoms with Crippen LogP contribution in [0.1, 0.15) is 39.3 Å². The highest BCUT2D eigenvalue weighted by Gasteiger charge is 2.39. The molecule has 22 heavy (non-hydrogen) atoms. The molecule has 1 aliphatic rings. The molecule has 1 saturated heterocycles. The maximum Gasteiger partial charge on any atom is 0.410 e. The number of carbonyl (C=O) groups is 1. The van der Waals surface area contributed by atoms with Crippen LogP contribution < -0.4 is 0 Å². The van der Waals surface area contributed by atoms with Gasteiger partial charge < -0.3 is 14.7 Å². The fourth-order valence-electron chi connectivity index (χ4n) is 2.64. The Bertz CT molecular complexity index is 534. The van der Waals surface area contributed by atoms with Crippen LogP contribution in [0.2, 0.25) is 0 Å². The van der Waals surface area contributed by atoms with Crippen molar-refractivity contribution < 1.29 is 14.6 Å². The van der Waals surface area contributed by atoms with Gasteiger partial charge in [-0.05, 0) is 61.7 Å². The quantitative estimate of drug-likeness (QED) is 0.812. The number of halogens is 1. The molecule has 0 spiro atoms. The number of aliphatic hydroxyl groups is 1. The molecule has 2 heterocycles. The van der Waals surface area contributed by atoms with Crippen LogP contribution in [-0.2, 0) is 10.2 Å². The number of carbonyl (C=O) groups excluding carboxylic acids is 1.